The predicted octanol–water partition coefficient (Wildman–Crippen LogP) is 2.42. The Balaban J connectivity index is 1.21. The van der Waals surface area contributed by atoms with E-state index < -0.39 is 11.2 Å². The van der Waals surface area contributed by atoms with Crippen LogP contribution in [-0.4, -0.2) is 94.6 Å². The molecule has 0 N–H and O–H groups in total. The standard InChI is InChI=1S/C25H37N5O3S/c1-25(2,3)30-10-8-29(9-11-30)24-26-18-22(19-27-24)33-20-21-4-6-23(7-5-21)34(31)17-14-28-12-15-32-16-13-28/h4-7,18-19H,8-17,20H2,1-3H3. The van der Waals surface area contributed by atoms with Gasteiger partial charge in [-0.05, 0) is 49.6 Å². The molecule has 0 amide bonds. The molecule has 2 saturated heterocycles. The van der Waals surface area contributed by atoms with E-state index in [4.69, 9.17) is 9.47 Å². The lowest BCUT2D eigenvalue weighted by Gasteiger charge is -2.42. The van der Waals surface area contributed by atoms with Gasteiger partial charge in [-0.15, -0.1) is 0 Å². The molecule has 4 rings (SSSR count). The minimum absolute atomic E-state index is 0.195. The maximum atomic E-state index is 12.6. The van der Waals surface area contributed by atoms with E-state index in [1.165, 1.54) is 0 Å². The molecule has 0 radical (unpaired) electrons. The summed E-state index contributed by atoms with van der Waals surface area (Å²) in [5.74, 6) is 2.05. The van der Waals surface area contributed by atoms with E-state index in [0.717, 1.165) is 75.4 Å². The fourth-order valence-corrected chi connectivity index (χ4v) is 5.28. The molecule has 8 nitrogen and oxygen atoms in total. The molecular weight excluding hydrogens is 450 g/mol. The molecule has 0 saturated carbocycles. The summed E-state index contributed by atoms with van der Waals surface area (Å²) in [4.78, 5) is 16.9. The Kier molecular flexibility index (Phi) is 8.65. The Morgan fingerprint density at radius 1 is 0.971 bits per heavy atom. The van der Waals surface area contributed by atoms with Crippen LogP contribution in [0, 0.1) is 0 Å². The number of hydrogen-bond donors (Lipinski definition) is 0. The minimum Gasteiger partial charge on any atom is -0.611 e. The molecule has 34 heavy (non-hydrogen) atoms. The van der Waals surface area contributed by atoms with Gasteiger partial charge in [0.2, 0.25) is 5.95 Å². The quantitative estimate of drug-likeness (QED) is 0.526. The molecule has 9 heteroatoms. The van der Waals surface area contributed by atoms with Gasteiger partial charge in [0.05, 0.1) is 25.6 Å². The molecule has 2 aliphatic rings. The second-order valence-electron chi connectivity index (χ2n) is 9.80. The first-order valence-corrected chi connectivity index (χ1v) is 13.4. The van der Waals surface area contributed by atoms with Crippen LogP contribution in [0.4, 0.5) is 5.95 Å². The van der Waals surface area contributed by atoms with Crippen LogP contribution in [0.15, 0.2) is 41.6 Å². The monoisotopic (exact) mass is 487 g/mol. The summed E-state index contributed by atoms with van der Waals surface area (Å²) in [5.41, 5.74) is 1.22. The van der Waals surface area contributed by atoms with Gasteiger partial charge in [-0.2, -0.15) is 0 Å². The molecule has 1 aromatic heterocycles. The highest BCUT2D eigenvalue weighted by molar-refractivity contribution is 7.91. The first kappa shape index (κ1) is 25.2. The summed E-state index contributed by atoms with van der Waals surface area (Å²) >= 11 is -0.997. The van der Waals surface area contributed by atoms with Gasteiger partial charge in [0.15, 0.2) is 10.6 Å². The van der Waals surface area contributed by atoms with Crippen molar-refractivity contribution in [2.45, 2.75) is 37.8 Å². The average molecular weight is 488 g/mol. The van der Waals surface area contributed by atoms with Crippen molar-refractivity contribution >= 4 is 17.1 Å². The van der Waals surface area contributed by atoms with Gasteiger partial charge in [0, 0.05) is 51.4 Å². The van der Waals surface area contributed by atoms with Crippen molar-refractivity contribution in [1.29, 1.82) is 0 Å². The van der Waals surface area contributed by atoms with Crippen LogP contribution in [0.1, 0.15) is 26.3 Å². The van der Waals surface area contributed by atoms with Gasteiger partial charge in [0.1, 0.15) is 12.4 Å². The van der Waals surface area contributed by atoms with Crippen LogP contribution >= 0.6 is 0 Å². The Morgan fingerprint density at radius 3 is 2.24 bits per heavy atom. The summed E-state index contributed by atoms with van der Waals surface area (Å²) in [7, 11) is 0. The second kappa shape index (κ2) is 11.7. The fourth-order valence-electron chi connectivity index (χ4n) is 4.18. The normalized spacial score (nSPS) is 19.2. The maximum Gasteiger partial charge on any atom is 0.225 e. The number of ether oxygens (including phenoxy) is 2. The summed E-state index contributed by atoms with van der Waals surface area (Å²) in [6.07, 6.45) is 3.49. The van der Waals surface area contributed by atoms with Crippen LogP contribution in [-0.2, 0) is 22.5 Å². The van der Waals surface area contributed by atoms with Gasteiger partial charge < -0.3 is 18.9 Å². The number of nitrogens with zero attached hydrogens (tertiary/aromatic N) is 5. The highest BCUT2D eigenvalue weighted by Crippen LogP contribution is 2.20. The molecule has 0 bridgehead atoms. The molecule has 0 aliphatic carbocycles. The molecule has 0 spiro atoms. The van der Waals surface area contributed by atoms with Crippen molar-refractivity contribution in [3.8, 4) is 5.75 Å². The Labute approximate surface area is 206 Å². The number of aromatic nitrogens is 2. The number of piperazine rings is 1. The topological polar surface area (TPSA) is 77.0 Å². The van der Waals surface area contributed by atoms with Crippen LogP contribution in [0.2, 0.25) is 0 Å². The SMILES string of the molecule is CC(C)(C)N1CCN(c2ncc(OCc3ccc([S+]([O-])CCN4CCOCC4)cc3)cn2)CC1. The zero-order chi connectivity index (χ0) is 24.0. The average Bonchev–Trinajstić information content (AvgIpc) is 2.87. The highest BCUT2D eigenvalue weighted by atomic mass is 32.2. The van der Waals surface area contributed by atoms with Gasteiger partial charge in [-0.3, -0.25) is 9.80 Å². The second-order valence-corrected chi connectivity index (χ2v) is 11.4. The van der Waals surface area contributed by atoms with Gasteiger partial charge in [-0.1, -0.05) is 12.1 Å². The summed E-state index contributed by atoms with van der Waals surface area (Å²) in [6, 6.07) is 7.83. The first-order valence-electron chi connectivity index (χ1n) is 12.1. The predicted molar refractivity (Wildman–Crippen MR) is 135 cm³/mol. The van der Waals surface area contributed by atoms with Crippen molar-refractivity contribution in [2.24, 2.45) is 0 Å². The lowest BCUT2D eigenvalue weighted by atomic mass is 10.1. The van der Waals surface area contributed by atoms with E-state index in [9.17, 15) is 4.55 Å². The summed E-state index contributed by atoms with van der Waals surface area (Å²) < 4.78 is 23.8. The van der Waals surface area contributed by atoms with Crippen molar-refractivity contribution in [1.82, 2.24) is 19.8 Å². The van der Waals surface area contributed by atoms with E-state index in [2.05, 4.69) is 45.4 Å². The zero-order valence-corrected chi connectivity index (χ0v) is 21.4. The zero-order valence-electron chi connectivity index (χ0n) is 20.6. The van der Waals surface area contributed by atoms with E-state index in [0.29, 0.717) is 18.1 Å². The molecule has 1 atom stereocenters. The number of anilines is 1. The van der Waals surface area contributed by atoms with Crippen molar-refractivity contribution in [3.05, 3.63) is 42.2 Å². The Morgan fingerprint density at radius 2 is 1.62 bits per heavy atom. The summed E-state index contributed by atoms with van der Waals surface area (Å²) in [6.45, 7) is 15.3. The highest BCUT2D eigenvalue weighted by Gasteiger charge is 2.26. The lowest BCUT2D eigenvalue weighted by molar-refractivity contribution is 0.0408. The largest absolute Gasteiger partial charge is 0.611 e. The number of hydrogen-bond acceptors (Lipinski definition) is 8. The van der Waals surface area contributed by atoms with Gasteiger partial charge in [-0.25, -0.2) is 9.97 Å². The number of benzene rings is 1. The van der Waals surface area contributed by atoms with Gasteiger partial charge >= 0.3 is 0 Å². The van der Waals surface area contributed by atoms with Crippen LogP contribution in [0.3, 0.4) is 0 Å². The molecule has 2 fully saturated rings. The Hall–Kier alpha value is -1.91. The lowest BCUT2D eigenvalue weighted by Crippen LogP contribution is -2.53. The Bertz CT molecular complexity index is 877. The van der Waals surface area contributed by atoms with E-state index in [1.807, 2.05) is 24.3 Å². The van der Waals surface area contributed by atoms with Gasteiger partial charge in [0.25, 0.3) is 0 Å². The fraction of sp³-hybridized carbons (Fsp3) is 0.600. The maximum absolute atomic E-state index is 12.6. The van der Waals surface area contributed by atoms with Crippen molar-refractivity contribution in [2.75, 3.05) is 69.7 Å². The number of morpholine rings is 1. The van der Waals surface area contributed by atoms with Crippen LogP contribution in [0.25, 0.3) is 0 Å². The van der Waals surface area contributed by atoms with E-state index >= 15 is 0 Å². The molecule has 186 valence electrons. The molecule has 1 unspecified atom stereocenters. The van der Waals surface area contributed by atoms with E-state index in [1.54, 1.807) is 12.4 Å². The third-order valence-corrected chi connectivity index (χ3v) is 7.77. The van der Waals surface area contributed by atoms with Crippen molar-refractivity contribution < 1.29 is 14.0 Å². The molecule has 2 aliphatic heterocycles. The molecule has 1 aromatic carbocycles. The first-order chi connectivity index (χ1) is 16.4. The minimum atomic E-state index is -0.997. The number of rotatable bonds is 8. The molecule has 2 aromatic rings. The molecule has 3 heterocycles. The molecular formula is C25H37N5O3S. The third-order valence-electron chi connectivity index (χ3n) is 6.41. The smallest absolute Gasteiger partial charge is 0.225 e. The summed E-state index contributed by atoms with van der Waals surface area (Å²) in [5, 5.41) is 0. The van der Waals surface area contributed by atoms with Crippen LogP contribution < -0.4 is 9.64 Å². The van der Waals surface area contributed by atoms with Crippen molar-refractivity contribution in [3.63, 3.8) is 0 Å². The third kappa shape index (κ3) is 7.05. The van der Waals surface area contributed by atoms with Crippen LogP contribution in [0.5, 0.6) is 5.75 Å². The van der Waals surface area contributed by atoms with E-state index in [-0.39, 0.29) is 5.54 Å².